The van der Waals surface area contributed by atoms with Gasteiger partial charge in [0.05, 0.1) is 12.1 Å². The normalized spacial score (nSPS) is 18.2. The Morgan fingerprint density at radius 1 is 0.824 bits per heavy atom. The Bertz CT molecular complexity index is 744. The van der Waals surface area contributed by atoms with E-state index in [4.69, 9.17) is 18.0 Å². The van der Waals surface area contributed by atoms with E-state index in [0.29, 0.717) is 18.9 Å². The molecular weight excluding hydrogens is 452 g/mol. The van der Waals surface area contributed by atoms with Crippen LogP contribution in [0.5, 0.6) is 0 Å². The van der Waals surface area contributed by atoms with Crippen molar-refractivity contribution in [2.24, 2.45) is 0 Å². The lowest BCUT2D eigenvalue weighted by Crippen LogP contribution is -2.49. The van der Waals surface area contributed by atoms with Crippen molar-refractivity contribution in [3.63, 3.8) is 0 Å². The van der Waals surface area contributed by atoms with Gasteiger partial charge in [0.2, 0.25) is 0 Å². The monoisotopic (exact) mass is 492 g/mol. The number of ether oxygens (including phenoxy) is 1. The fourth-order valence-corrected chi connectivity index (χ4v) is 6.83. The molecule has 0 amide bonds. The standard InChI is InChI=1S/C26H40O7Si/c1-5-6-7-9-23-10-12-24(13-11-23)25-14-16-26(17-15-25)30-18-8-19-34(31-20(2)27,32-21(3)28)33-22(4)29/h10-13,25-26H,5-9,14-19H2,1-4H3/t25-,26-. The van der Waals surface area contributed by atoms with Crippen LogP contribution >= 0.6 is 0 Å². The Hall–Kier alpha value is -2.19. The summed E-state index contributed by atoms with van der Waals surface area (Å²) in [5.41, 5.74) is 2.84. The molecule has 0 aliphatic heterocycles. The molecule has 1 fully saturated rings. The average Bonchev–Trinajstić information content (AvgIpc) is 2.76. The molecule has 0 saturated heterocycles. The summed E-state index contributed by atoms with van der Waals surface area (Å²) in [6.07, 6.45) is 9.74. The molecule has 190 valence electrons. The van der Waals surface area contributed by atoms with Crippen LogP contribution in [0.2, 0.25) is 6.04 Å². The molecule has 1 aliphatic carbocycles. The molecular formula is C26H40O7Si. The van der Waals surface area contributed by atoms with Crippen molar-refractivity contribution in [1.29, 1.82) is 0 Å². The molecule has 34 heavy (non-hydrogen) atoms. The summed E-state index contributed by atoms with van der Waals surface area (Å²) >= 11 is 0. The molecule has 2 rings (SSSR count). The minimum atomic E-state index is -3.77. The van der Waals surface area contributed by atoms with E-state index >= 15 is 0 Å². The second kappa shape index (κ2) is 14.3. The number of hydrogen-bond acceptors (Lipinski definition) is 7. The zero-order chi connectivity index (χ0) is 25.0. The fraction of sp³-hybridized carbons (Fsp3) is 0.654. The maximum absolute atomic E-state index is 11.5. The van der Waals surface area contributed by atoms with Crippen LogP contribution in [0.1, 0.15) is 96.1 Å². The predicted octanol–water partition coefficient (Wildman–Crippen LogP) is 5.48. The summed E-state index contributed by atoms with van der Waals surface area (Å²) in [5, 5.41) is 0. The van der Waals surface area contributed by atoms with Gasteiger partial charge in [-0.3, -0.25) is 14.4 Å². The van der Waals surface area contributed by atoms with Crippen molar-refractivity contribution < 1.29 is 32.4 Å². The van der Waals surface area contributed by atoms with Crippen molar-refractivity contribution in [3.05, 3.63) is 35.4 Å². The van der Waals surface area contributed by atoms with Crippen LogP contribution in [0.4, 0.5) is 0 Å². The van der Waals surface area contributed by atoms with Crippen molar-refractivity contribution in [2.45, 2.75) is 104 Å². The topological polar surface area (TPSA) is 88.1 Å². The lowest BCUT2D eigenvalue weighted by Gasteiger charge is -2.29. The van der Waals surface area contributed by atoms with Crippen LogP contribution in [0, 0.1) is 0 Å². The highest BCUT2D eigenvalue weighted by Gasteiger charge is 2.51. The Labute approximate surface area is 204 Å². The summed E-state index contributed by atoms with van der Waals surface area (Å²) < 4.78 is 21.7. The zero-order valence-electron chi connectivity index (χ0n) is 21.1. The third kappa shape index (κ3) is 9.97. The summed E-state index contributed by atoms with van der Waals surface area (Å²) in [6, 6.07) is 9.27. The fourth-order valence-electron chi connectivity index (χ4n) is 4.51. The summed E-state index contributed by atoms with van der Waals surface area (Å²) in [6.45, 7) is 6.24. The van der Waals surface area contributed by atoms with Crippen LogP contribution in [0.3, 0.4) is 0 Å². The summed E-state index contributed by atoms with van der Waals surface area (Å²) in [4.78, 5) is 34.6. The van der Waals surface area contributed by atoms with E-state index in [1.807, 2.05) is 0 Å². The molecule has 0 spiro atoms. The molecule has 7 nitrogen and oxygen atoms in total. The van der Waals surface area contributed by atoms with E-state index in [-0.39, 0.29) is 12.1 Å². The van der Waals surface area contributed by atoms with Gasteiger partial charge in [-0.05, 0) is 62.0 Å². The van der Waals surface area contributed by atoms with E-state index in [1.54, 1.807) is 0 Å². The third-order valence-electron chi connectivity index (χ3n) is 6.07. The number of unbranched alkanes of at least 4 members (excludes halogenated alkanes) is 2. The van der Waals surface area contributed by atoms with Crippen molar-refractivity contribution in [2.75, 3.05) is 6.61 Å². The predicted molar refractivity (Wildman–Crippen MR) is 131 cm³/mol. The molecule has 0 N–H and O–H groups in total. The highest BCUT2D eigenvalue weighted by atomic mass is 28.4. The lowest BCUT2D eigenvalue weighted by molar-refractivity contribution is -0.147. The number of aryl methyl sites for hydroxylation is 1. The zero-order valence-corrected chi connectivity index (χ0v) is 22.1. The smallest absolute Gasteiger partial charge is 0.455 e. The Balaban J connectivity index is 1.78. The maximum Gasteiger partial charge on any atom is 0.705 e. The molecule has 0 bridgehead atoms. The molecule has 1 aliphatic rings. The van der Waals surface area contributed by atoms with Crippen LogP contribution in [0.25, 0.3) is 0 Å². The second-order valence-corrected chi connectivity index (χ2v) is 11.6. The summed E-state index contributed by atoms with van der Waals surface area (Å²) in [7, 11) is -3.77. The molecule has 0 unspecified atom stereocenters. The van der Waals surface area contributed by atoms with Crippen LogP contribution in [0.15, 0.2) is 24.3 Å². The van der Waals surface area contributed by atoms with Gasteiger partial charge in [0.15, 0.2) is 0 Å². The van der Waals surface area contributed by atoms with Crippen LogP contribution < -0.4 is 0 Å². The SMILES string of the molecule is CCCCCc1ccc([C@H]2CC[C@H](OCCC[Si](OC(C)=O)(OC(C)=O)OC(C)=O)CC2)cc1. The highest BCUT2D eigenvalue weighted by molar-refractivity contribution is 6.65. The van der Waals surface area contributed by atoms with Crippen molar-refractivity contribution in [1.82, 2.24) is 0 Å². The van der Waals surface area contributed by atoms with E-state index in [1.165, 1.54) is 51.2 Å². The quantitative estimate of drug-likeness (QED) is 0.266. The van der Waals surface area contributed by atoms with E-state index < -0.39 is 26.7 Å². The summed E-state index contributed by atoms with van der Waals surface area (Å²) in [5.74, 6) is -1.38. The number of benzene rings is 1. The molecule has 0 aromatic heterocycles. The van der Waals surface area contributed by atoms with Gasteiger partial charge in [-0.15, -0.1) is 0 Å². The third-order valence-corrected chi connectivity index (χ3v) is 8.83. The van der Waals surface area contributed by atoms with Gasteiger partial charge in [0, 0.05) is 27.4 Å². The molecule has 0 radical (unpaired) electrons. The first kappa shape index (κ1) is 28.0. The minimum Gasteiger partial charge on any atom is -0.455 e. The molecule has 0 heterocycles. The first-order chi connectivity index (χ1) is 16.2. The second-order valence-electron chi connectivity index (χ2n) is 9.11. The number of hydrogen-bond donors (Lipinski definition) is 0. The Kier molecular flexibility index (Phi) is 11.8. The Morgan fingerprint density at radius 3 is 1.88 bits per heavy atom. The van der Waals surface area contributed by atoms with Gasteiger partial charge in [-0.1, -0.05) is 44.0 Å². The van der Waals surface area contributed by atoms with Crippen LogP contribution in [-0.4, -0.2) is 39.4 Å². The minimum absolute atomic E-state index is 0.145. The van der Waals surface area contributed by atoms with Gasteiger partial charge < -0.3 is 18.0 Å². The number of rotatable bonds is 13. The van der Waals surface area contributed by atoms with Gasteiger partial charge >= 0.3 is 8.80 Å². The van der Waals surface area contributed by atoms with Gasteiger partial charge in [0.1, 0.15) is 0 Å². The first-order valence-corrected chi connectivity index (χ1v) is 14.5. The van der Waals surface area contributed by atoms with Crippen molar-refractivity contribution >= 4 is 26.7 Å². The van der Waals surface area contributed by atoms with E-state index in [0.717, 1.165) is 32.1 Å². The maximum atomic E-state index is 11.5. The molecule has 1 saturated carbocycles. The molecule has 1 aromatic rings. The van der Waals surface area contributed by atoms with Crippen molar-refractivity contribution in [3.8, 4) is 0 Å². The number of carbonyl (C=O) groups is 3. The molecule has 0 atom stereocenters. The number of carbonyl (C=O) groups excluding carboxylic acids is 3. The molecule has 8 heteroatoms. The average molecular weight is 493 g/mol. The lowest BCUT2D eigenvalue weighted by atomic mass is 9.82. The van der Waals surface area contributed by atoms with Gasteiger partial charge in [-0.25, -0.2) is 0 Å². The van der Waals surface area contributed by atoms with Crippen LogP contribution in [-0.2, 0) is 38.8 Å². The Morgan fingerprint density at radius 2 is 1.38 bits per heavy atom. The largest absolute Gasteiger partial charge is 0.705 e. The first-order valence-electron chi connectivity index (χ1n) is 12.5. The molecule has 1 aromatic carbocycles. The van der Waals surface area contributed by atoms with E-state index in [2.05, 4.69) is 31.2 Å². The van der Waals surface area contributed by atoms with E-state index in [9.17, 15) is 14.4 Å². The van der Waals surface area contributed by atoms with Gasteiger partial charge in [-0.2, -0.15) is 0 Å². The van der Waals surface area contributed by atoms with Gasteiger partial charge in [0.25, 0.3) is 17.9 Å². The highest BCUT2D eigenvalue weighted by Crippen LogP contribution is 2.34.